The summed E-state index contributed by atoms with van der Waals surface area (Å²) in [6.45, 7) is 5.82. The summed E-state index contributed by atoms with van der Waals surface area (Å²) in [5.74, 6) is -0.196. The second kappa shape index (κ2) is 5.73. The highest BCUT2D eigenvalue weighted by molar-refractivity contribution is 5.92. The van der Waals surface area contributed by atoms with Crippen molar-refractivity contribution in [1.82, 2.24) is 19.7 Å². The highest BCUT2D eigenvalue weighted by Gasteiger charge is 2.26. The zero-order chi connectivity index (χ0) is 15.6. The summed E-state index contributed by atoms with van der Waals surface area (Å²) in [6.07, 6.45) is 5.21. The number of nitrogens with one attached hydrogen (secondary N) is 1. The highest BCUT2D eigenvalue weighted by atomic mass is 16.3. The molecule has 0 radical (unpaired) electrons. The predicted molar refractivity (Wildman–Crippen MR) is 79.9 cm³/mol. The van der Waals surface area contributed by atoms with E-state index >= 15 is 0 Å². The van der Waals surface area contributed by atoms with Crippen molar-refractivity contribution in [3.63, 3.8) is 0 Å². The Morgan fingerprint density at radius 2 is 2.24 bits per heavy atom. The first-order valence-corrected chi connectivity index (χ1v) is 6.98. The molecule has 0 bridgehead atoms. The van der Waals surface area contributed by atoms with Crippen molar-refractivity contribution in [2.24, 2.45) is 7.05 Å². The number of aryl methyl sites for hydroxylation is 1. The van der Waals surface area contributed by atoms with E-state index in [-0.39, 0.29) is 18.5 Å². The number of rotatable bonds is 5. The minimum Gasteiger partial charge on any atom is -0.383 e. The molecule has 2 aromatic heterocycles. The van der Waals surface area contributed by atoms with Crippen LogP contribution >= 0.6 is 0 Å². The molecule has 2 N–H and O–H groups in total. The average molecular weight is 290 g/mol. The number of hydrogen-bond donors (Lipinski definition) is 2. The molecule has 1 atom stereocenters. The van der Waals surface area contributed by atoms with Gasteiger partial charge in [0.1, 0.15) is 11.3 Å². The van der Waals surface area contributed by atoms with Gasteiger partial charge in [0.15, 0.2) is 0 Å². The summed E-state index contributed by atoms with van der Waals surface area (Å²) in [5.41, 5.74) is 0.107. The van der Waals surface area contributed by atoms with Crippen molar-refractivity contribution in [2.45, 2.75) is 32.4 Å². The van der Waals surface area contributed by atoms with E-state index in [9.17, 15) is 9.90 Å². The van der Waals surface area contributed by atoms with Crippen molar-refractivity contribution < 1.29 is 9.90 Å². The summed E-state index contributed by atoms with van der Waals surface area (Å²) in [7, 11) is 1.79. The number of aliphatic hydroxyl groups is 1. The third-order valence-electron chi connectivity index (χ3n) is 3.49. The van der Waals surface area contributed by atoms with Gasteiger partial charge in [-0.1, -0.05) is 0 Å². The van der Waals surface area contributed by atoms with Gasteiger partial charge in [-0.2, -0.15) is 5.10 Å². The Kier molecular flexibility index (Phi) is 4.18. The molecule has 2 rings (SSSR count). The van der Waals surface area contributed by atoms with Crippen LogP contribution in [-0.4, -0.2) is 31.9 Å². The molecule has 0 aromatic carbocycles. The lowest BCUT2D eigenvalue weighted by Crippen LogP contribution is -2.39. The molecule has 21 heavy (non-hydrogen) atoms. The van der Waals surface area contributed by atoms with Crippen LogP contribution in [0.5, 0.6) is 0 Å². The Hall–Kier alpha value is -2.08. The van der Waals surface area contributed by atoms with Crippen LogP contribution in [0.3, 0.4) is 0 Å². The molecule has 0 saturated heterocycles. The van der Waals surface area contributed by atoms with Crippen LogP contribution in [0.25, 0.3) is 0 Å². The van der Waals surface area contributed by atoms with E-state index in [1.165, 1.54) is 0 Å². The van der Waals surface area contributed by atoms with Crippen LogP contribution in [0.2, 0.25) is 0 Å². The van der Waals surface area contributed by atoms with Crippen LogP contribution in [-0.2, 0) is 12.6 Å². The van der Waals surface area contributed by atoms with Crippen molar-refractivity contribution in [2.75, 3.05) is 6.54 Å². The number of nitrogens with zero attached hydrogens (tertiary/aromatic N) is 3. The Labute approximate surface area is 124 Å². The number of amides is 1. The van der Waals surface area contributed by atoms with Gasteiger partial charge in [0.25, 0.3) is 5.91 Å². The van der Waals surface area contributed by atoms with Gasteiger partial charge in [-0.15, -0.1) is 0 Å². The zero-order valence-electron chi connectivity index (χ0n) is 12.9. The molecule has 6 heteroatoms. The second-order valence-corrected chi connectivity index (χ2v) is 5.75. The van der Waals surface area contributed by atoms with Gasteiger partial charge in [0.05, 0.1) is 12.7 Å². The summed E-state index contributed by atoms with van der Waals surface area (Å²) in [4.78, 5) is 12.3. The fraction of sp³-hybridized carbons (Fsp3) is 0.467. The van der Waals surface area contributed by atoms with E-state index in [1.807, 2.05) is 30.7 Å². The fourth-order valence-electron chi connectivity index (χ4n) is 2.18. The number of carbonyl (C=O) groups is 1. The average Bonchev–Trinajstić information content (AvgIpc) is 3.04. The minimum absolute atomic E-state index is 0.126. The lowest BCUT2D eigenvalue weighted by Gasteiger charge is -2.22. The van der Waals surface area contributed by atoms with Crippen molar-refractivity contribution in [3.05, 3.63) is 42.0 Å². The van der Waals surface area contributed by atoms with Gasteiger partial charge in [-0.25, -0.2) is 0 Å². The van der Waals surface area contributed by atoms with E-state index in [0.717, 1.165) is 0 Å². The minimum atomic E-state index is -1.15. The van der Waals surface area contributed by atoms with Crippen LogP contribution in [0.1, 0.15) is 42.9 Å². The van der Waals surface area contributed by atoms with Crippen LogP contribution in [0.15, 0.2) is 30.7 Å². The molecular formula is C15H22N4O2. The predicted octanol–water partition coefficient (Wildman–Crippen LogP) is 1.44. The van der Waals surface area contributed by atoms with E-state index in [1.54, 1.807) is 37.1 Å². The smallest absolute Gasteiger partial charge is 0.268 e. The molecule has 2 aromatic rings. The van der Waals surface area contributed by atoms with Crippen LogP contribution in [0.4, 0.5) is 0 Å². The van der Waals surface area contributed by atoms with Crippen LogP contribution < -0.4 is 5.32 Å². The third kappa shape index (κ3) is 3.33. The number of aromatic nitrogens is 3. The lowest BCUT2D eigenvalue weighted by molar-refractivity contribution is 0.0523. The Morgan fingerprint density at radius 3 is 2.81 bits per heavy atom. The molecule has 0 fully saturated rings. The lowest BCUT2D eigenvalue weighted by atomic mass is 10.00. The molecule has 1 amide bonds. The normalized spacial score (nSPS) is 14.2. The highest BCUT2D eigenvalue weighted by Crippen LogP contribution is 2.19. The molecule has 0 spiro atoms. The Bertz CT molecular complexity index is 625. The largest absolute Gasteiger partial charge is 0.383 e. The number of carbonyl (C=O) groups excluding carboxylic acids is 1. The molecule has 6 nitrogen and oxygen atoms in total. The van der Waals surface area contributed by atoms with Crippen molar-refractivity contribution >= 4 is 5.91 Å². The quantitative estimate of drug-likeness (QED) is 0.875. The monoisotopic (exact) mass is 290 g/mol. The van der Waals surface area contributed by atoms with Gasteiger partial charge in [0, 0.05) is 31.0 Å². The maximum Gasteiger partial charge on any atom is 0.268 e. The van der Waals surface area contributed by atoms with E-state index < -0.39 is 5.60 Å². The molecule has 0 saturated carbocycles. The van der Waals surface area contributed by atoms with Gasteiger partial charge < -0.3 is 15.0 Å². The molecule has 0 aliphatic carbocycles. The maximum atomic E-state index is 12.3. The Morgan fingerprint density at radius 1 is 1.52 bits per heavy atom. The third-order valence-corrected chi connectivity index (χ3v) is 3.49. The molecular weight excluding hydrogens is 268 g/mol. The fourth-order valence-corrected chi connectivity index (χ4v) is 2.18. The summed E-state index contributed by atoms with van der Waals surface area (Å²) >= 11 is 0. The van der Waals surface area contributed by atoms with Crippen molar-refractivity contribution in [3.8, 4) is 0 Å². The van der Waals surface area contributed by atoms with E-state index in [4.69, 9.17) is 0 Å². The number of hydrogen-bond acceptors (Lipinski definition) is 3. The van der Waals surface area contributed by atoms with Crippen molar-refractivity contribution in [1.29, 1.82) is 0 Å². The molecule has 0 aliphatic rings. The Balaban J connectivity index is 2.05. The second-order valence-electron chi connectivity index (χ2n) is 5.75. The SMILES string of the molecule is CC(C)n1cccc1C(=O)NCC(C)(O)c1cnn(C)c1. The van der Waals surface area contributed by atoms with Gasteiger partial charge in [-0.05, 0) is 32.9 Å². The first-order chi connectivity index (χ1) is 9.81. The summed E-state index contributed by atoms with van der Waals surface area (Å²) in [5, 5.41) is 17.3. The summed E-state index contributed by atoms with van der Waals surface area (Å²) in [6, 6.07) is 3.82. The molecule has 0 aliphatic heterocycles. The zero-order valence-corrected chi connectivity index (χ0v) is 12.9. The molecule has 114 valence electrons. The first-order valence-electron chi connectivity index (χ1n) is 6.98. The van der Waals surface area contributed by atoms with E-state index in [0.29, 0.717) is 11.3 Å². The maximum absolute atomic E-state index is 12.3. The topological polar surface area (TPSA) is 72.1 Å². The van der Waals surface area contributed by atoms with E-state index in [2.05, 4.69) is 10.4 Å². The van der Waals surface area contributed by atoms with Gasteiger partial charge in [-0.3, -0.25) is 9.48 Å². The van der Waals surface area contributed by atoms with Crippen LogP contribution in [0, 0.1) is 0 Å². The molecule has 1 unspecified atom stereocenters. The first kappa shape index (κ1) is 15.3. The molecule has 2 heterocycles. The summed E-state index contributed by atoms with van der Waals surface area (Å²) < 4.78 is 3.52. The standard InChI is InChI=1S/C15H22N4O2/c1-11(2)19-7-5-6-13(19)14(20)16-10-15(3,21)12-8-17-18(4)9-12/h5-9,11,21H,10H2,1-4H3,(H,16,20). The van der Waals surface area contributed by atoms with Gasteiger partial charge in [0.2, 0.25) is 0 Å². The van der Waals surface area contributed by atoms with Gasteiger partial charge >= 0.3 is 0 Å².